The Balaban J connectivity index is 1.26. The lowest BCUT2D eigenvalue weighted by atomic mass is 9.86. The Kier molecular flexibility index (Phi) is 9.61. The summed E-state index contributed by atoms with van der Waals surface area (Å²) in [5.74, 6) is -0.773. The van der Waals surface area contributed by atoms with Crippen LogP contribution in [0.15, 0.2) is 53.3 Å². The molecule has 0 radical (unpaired) electrons. The van der Waals surface area contributed by atoms with Crippen molar-refractivity contribution in [3.05, 3.63) is 87.1 Å². The molecule has 2 N–H and O–H groups in total. The molecule has 1 aromatic heterocycles. The van der Waals surface area contributed by atoms with Gasteiger partial charge < -0.3 is 14.5 Å². The number of H-pyrrole nitrogens is 2. The van der Waals surface area contributed by atoms with Gasteiger partial charge in [-0.05, 0) is 55.5 Å². The van der Waals surface area contributed by atoms with Gasteiger partial charge in [0.05, 0.1) is 29.8 Å². The SMILES string of the molecule is C[C@@H](O[C@H]1CCN(C(=O)C2CCN(C(=O)Cc3n[nH]c(=O)[nH]3)CC2)C[C@H]1c1ccccc1)c1cc(C(F)(F)F)cc(C(F)(F)F)c1. The summed E-state index contributed by atoms with van der Waals surface area (Å²) in [5.41, 5.74) is -2.73. The number of amides is 2. The third-order valence-electron chi connectivity index (χ3n) is 8.61. The number of hydrogen-bond donors (Lipinski definition) is 2. The first-order valence-electron chi connectivity index (χ1n) is 14.9. The summed E-state index contributed by atoms with van der Waals surface area (Å²) in [6, 6.07) is 10.6. The van der Waals surface area contributed by atoms with Crippen LogP contribution < -0.4 is 5.69 Å². The van der Waals surface area contributed by atoms with Crippen molar-refractivity contribution in [3.63, 3.8) is 0 Å². The molecule has 2 aliphatic rings. The third-order valence-corrected chi connectivity index (χ3v) is 8.61. The third kappa shape index (κ3) is 7.80. The Hall–Kier alpha value is -4.14. The van der Waals surface area contributed by atoms with Crippen molar-refractivity contribution in [1.29, 1.82) is 0 Å². The van der Waals surface area contributed by atoms with Crippen LogP contribution in [0.1, 0.15) is 66.3 Å². The summed E-state index contributed by atoms with van der Waals surface area (Å²) < 4.78 is 87.1. The number of likely N-dealkylation sites (tertiary alicyclic amines) is 2. The summed E-state index contributed by atoms with van der Waals surface area (Å²) in [6.07, 6.45) is -10.5. The number of aromatic amines is 2. The zero-order chi connectivity index (χ0) is 33.2. The minimum atomic E-state index is -4.97. The highest BCUT2D eigenvalue weighted by Gasteiger charge is 2.40. The molecule has 0 bridgehead atoms. The molecule has 0 spiro atoms. The quantitative estimate of drug-likeness (QED) is 0.346. The summed E-state index contributed by atoms with van der Waals surface area (Å²) in [5, 5.41) is 5.97. The highest BCUT2D eigenvalue weighted by Crippen LogP contribution is 2.40. The Morgan fingerprint density at radius 3 is 2.11 bits per heavy atom. The molecule has 9 nitrogen and oxygen atoms in total. The molecule has 2 aliphatic heterocycles. The number of rotatable bonds is 7. The Bertz CT molecular complexity index is 1550. The lowest BCUT2D eigenvalue weighted by Gasteiger charge is -2.42. The van der Waals surface area contributed by atoms with Gasteiger partial charge in [-0.15, -0.1) is 0 Å². The maximum atomic E-state index is 13.6. The van der Waals surface area contributed by atoms with Crippen LogP contribution in [-0.4, -0.2) is 69.1 Å². The average Bonchev–Trinajstić information content (AvgIpc) is 3.44. The first kappa shape index (κ1) is 33.2. The van der Waals surface area contributed by atoms with Crippen LogP contribution in [0.4, 0.5) is 26.3 Å². The molecular formula is C31H33F6N5O4. The van der Waals surface area contributed by atoms with Crippen LogP contribution in [0.2, 0.25) is 0 Å². The second-order valence-corrected chi connectivity index (χ2v) is 11.7. The molecule has 248 valence electrons. The molecule has 0 unspecified atom stereocenters. The second-order valence-electron chi connectivity index (χ2n) is 11.7. The van der Waals surface area contributed by atoms with Gasteiger partial charge >= 0.3 is 18.0 Å². The largest absolute Gasteiger partial charge is 0.416 e. The van der Waals surface area contributed by atoms with E-state index in [0.717, 1.165) is 5.56 Å². The number of nitrogens with one attached hydrogen (secondary N) is 2. The highest BCUT2D eigenvalue weighted by molar-refractivity contribution is 5.81. The van der Waals surface area contributed by atoms with Crippen LogP contribution in [-0.2, 0) is 33.1 Å². The first-order chi connectivity index (χ1) is 21.7. The average molecular weight is 654 g/mol. The van der Waals surface area contributed by atoms with Crippen molar-refractivity contribution < 1.29 is 40.7 Å². The number of hydrogen-bond acceptors (Lipinski definition) is 5. The van der Waals surface area contributed by atoms with Gasteiger partial charge in [0.1, 0.15) is 5.82 Å². The van der Waals surface area contributed by atoms with Gasteiger partial charge in [-0.2, -0.15) is 31.4 Å². The number of carbonyl (C=O) groups excluding carboxylic acids is 2. The van der Waals surface area contributed by atoms with Crippen molar-refractivity contribution >= 4 is 11.8 Å². The number of piperidine rings is 2. The van der Waals surface area contributed by atoms with Crippen molar-refractivity contribution in [1.82, 2.24) is 25.0 Å². The van der Waals surface area contributed by atoms with Gasteiger partial charge in [-0.25, -0.2) is 9.89 Å². The number of benzene rings is 2. The van der Waals surface area contributed by atoms with E-state index in [1.165, 1.54) is 6.92 Å². The summed E-state index contributed by atoms with van der Waals surface area (Å²) >= 11 is 0. The number of alkyl halides is 6. The van der Waals surface area contributed by atoms with Gasteiger partial charge in [0.25, 0.3) is 0 Å². The number of aromatic nitrogens is 3. The number of ether oxygens (including phenoxy) is 1. The van der Waals surface area contributed by atoms with E-state index < -0.39 is 41.4 Å². The van der Waals surface area contributed by atoms with Crippen LogP contribution in [0, 0.1) is 5.92 Å². The zero-order valence-corrected chi connectivity index (χ0v) is 24.8. The summed E-state index contributed by atoms with van der Waals surface area (Å²) in [6.45, 7) is 2.69. The maximum absolute atomic E-state index is 13.6. The Morgan fingerprint density at radius 2 is 1.54 bits per heavy atom. The van der Waals surface area contributed by atoms with E-state index in [1.807, 2.05) is 30.3 Å². The van der Waals surface area contributed by atoms with E-state index >= 15 is 0 Å². The molecule has 3 heterocycles. The molecular weight excluding hydrogens is 620 g/mol. The van der Waals surface area contributed by atoms with Gasteiger partial charge in [0.15, 0.2) is 0 Å². The maximum Gasteiger partial charge on any atom is 0.416 e. The van der Waals surface area contributed by atoms with Gasteiger partial charge in [-0.1, -0.05) is 30.3 Å². The lowest BCUT2D eigenvalue weighted by Crippen LogP contribution is -2.50. The fourth-order valence-electron chi connectivity index (χ4n) is 6.15. The molecule has 5 rings (SSSR count). The molecule has 15 heteroatoms. The predicted octanol–water partition coefficient (Wildman–Crippen LogP) is 5.08. The van der Waals surface area contributed by atoms with E-state index in [2.05, 4.69) is 15.2 Å². The van der Waals surface area contributed by atoms with E-state index in [4.69, 9.17) is 4.74 Å². The minimum Gasteiger partial charge on any atom is -0.370 e. The molecule has 3 atom stereocenters. The topological polar surface area (TPSA) is 111 Å². The molecule has 0 aliphatic carbocycles. The summed E-state index contributed by atoms with van der Waals surface area (Å²) in [4.78, 5) is 43.3. The smallest absolute Gasteiger partial charge is 0.370 e. The normalized spacial score (nSPS) is 20.5. The van der Waals surface area contributed by atoms with E-state index in [-0.39, 0.29) is 54.1 Å². The first-order valence-corrected chi connectivity index (χ1v) is 14.9. The van der Waals surface area contributed by atoms with Crippen molar-refractivity contribution in [3.8, 4) is 0 Å². The Morgan fingerprint density at radius 1 is 0.935 bits per heavy atom. The van der Waals surface area contributed by atoms with Crippen LogP contribution >= 0.6 is 0 Å². The number of nitrogens with zero attached hydrogens (tertiary/aromatic N) is 3. The predicted molar refractivity (Wildman–Crippen MR) is 152 cm³/mol. The molecule has 2 aromatic carbocycles. The molecule has 2 amide bonds. The van der Waals surface area contributed by atoms with E-state index in [1.54, 1.807) is 9.80 Å². The van der Waals surface area contributed by atoms with E-state index in [0.29, 0.717) is 51.0 Å². The fourth-order valence-corrected chi connectivity index (χ4v) is 6.15. The van der Waals surface area contributed by atoms with Crippen molar-refractivity contribution in [2.75, 3.05) is 26.2 Å². The van der Waals surface area contributed by atoms with Gasteiger partial charge in [0.2, 0.25) is 11.8 Å². The molecule has 3 aromatic rings. The molecule has 2 saturated heterocycles. The fraction of sp³-hybridized carbons (Fsp3) is 0.484. The lowest BCUT2D eigenvalue weighted by molar-refractivity contribution is -0.144. The van der Waals surface area contributed by atoms with Crippen LogP contribution in [0.3, 0.4) is 0 Å². The monoisotopic (exact) mass is 653 g/mol. The van der Waals surface area contributed by atoms with Gasteiger partial charge in [0, 0.05) is 38.0 Å². The van der Waals surface area contributed by atoms with Gasteiger partial charge in [-0.3, -0.25) is 14.6 Å². The van der Waals surface area contributed by atoms with Crippen molar-refractivity contribution in [2.24, 2.45) is 5.92 Å². The zero-order valence-electron chi connectivity index (χ0n) is 24.8. The number of carbonyl (C=O) groups is 2. The van der Waals surface area contributed by atoms with Crippen LogP contribution in [0.5, 0.6) is 0 Å². The summed E-state index contributed by atoms with van der Waals surface area (Å²) in [7, 11) is 0. The van der Waals surface area contributed by atoms with E-state index in [9.17, 15) is 40.7 Å². The molecule has 2 fully saturated rings. The minimum absolute atomic E-state index is 0.0694. The second kappa shape index (κ2) is 13.3. The Labute approximate surface area is 259 Å². The molecule has 0 saturated carbocycles. The number of halogens is 6. The van der Waals surface area contributed by atoms with Crippen molar-refractivity contribution in [2.45, 2.75) is 63.1 Å². The molecule has 46 heavy (non-hydrogen) atoms. The standard InChI is InChI=1S/C31H33F6N5O4/c1-18(21-13-22(30(32,33)34)15-23(14-21)31(35,36)37)46-25-9-12-42(17-24(25)19-5-3-2-4-6-19)28(44)20-7-10-41(11-8-20)27(43)16-26-38-29(45)40-39-26/h2-6,13-15,18,20,24-25H,7-12,16-17H2,1H3,(H2,38,39,40,45)/t18-,24+,25+/m1/s1. The highest BCUT2D eigenvalue weighted by atomic mass is 19.4. The van der Waals surface area contributed by atoms with Crippen LogP contribution in [0.25, 0.3) is 0 Å².